The number of hydrogen-bond donors (Lipinski definition) is 1. The molecule has 0 saturated carbocycles. The van der Waals surface area contributed by atoms with Gasteiger partial charge < -0.3 is 14.7 Å². The van der Waals surface area contributed by atoms with Crippen molar-refractivity contribution < 1.29 is 18.3 Å². The highest BCUT2D eigenvalue weighted by molar-refractivity contribution is 7.91. The highest BCUT2D eigenvalue weighted by Crippen LogP contribution is 2.30. The Morgan fingerprint density at radius 3 is 2.48 bits per heavy atom. The molecule has 0 aromatic heterocycles. The fourth-order valence-corrected chi connectivity index (χ4v) is 5.18. The maximum atomic E-state index is 11.7. The molecular weight excluding hydrogens is 390 g/mol. The zero-order valence-corrected chi connectivity index (χ0v) is 17.9. The van der Waals surface area contributed by atoms with Crippen LogP contribution in [0.15, 0.2) is 24.3 Å². The molecule has 8 heteroatoms. The molecule has 0 radical (unpaired) electrons. The number of aliphatic hydroxyl groups is 1. The zero-order chi connectivity index (χ0) is 20.9. The third-order valence-electron chi connectivity index (χ3n) is 5.93. The van der Waals surface area contributed by atoms with Gasteiger partial charge in [0.25, 0.3) is 0 Å². The van der Waals surface area contributed by atoms with Crippen molar-refractivity contribution in [2.45, 2.75) is 44.4 Å². The minimum Gasteiger partial charge on any atom is -0.491 e. The summed E-state index contributed by atoms with van der Waals surface area (Å²) < 4.78 is 29.0. The summed E-state index contributed by atoms with van der Waals surface area (Å²) in [5.41, 5.74) is 0.583. The van der Waals surface area contributed by atoms with Gasteiger partial charge in [0, 0.05) is 37.5 Å². The minimum absolute atomic E-state index is 0.217. The number of benzene rings is 1. The molecule has 1 aromatic carbocycles. The summed E-state index contributed by atoms with van der Waals surface area (Å²) in [6, 6.07) is 9.79. The highest BCUT2D eigenvalue weighted by Gasteiger charge is 2.40. The standard InChI is InChI=1S/C21H31N3O4S/c1-2-29(26,27)11-3-10-23-13-18-6-7-19(14-23)24(18)15-20(25)16-28-21-8-4-17(12-22)5-9-21/h4-5,8-9,18-20,25H,2-3,6-7,10-11,13-16H2,1H3. The summed E-state index contributed by atoms with van der Waals surface area (Å²) in [7, 11) is -2.89. The van der Waals surface area contributed by atoms with Crippen LogP contribution in [0.3, 0.4) is 0 Å². The normalized spacial score (nSPS) is 23.6. The molecule has 1 aromatic rings. The van der Waals surface area contributed by atoms with E-state index in [0.29, 0.717) is 36.4 Å². The number of sulfone groups is 1. The number of aliphatic hydroxyl groups excluding tert-OH is 1. The fraction of sp³-hybridized carbons (Fsp3) is 0.667. The van der Waals surface area contributed by atoms with Gasteiger partial charge in [-0.25, -0.2) is 8.42 Å². The highest BCUT2D eigenvalue weighted by atomic mass is 32.2. The first-order chi connectivity index (χ1) is 13.9. The Labute approximate surface area is 173 Å². The lowest BCUT2D eigenvalue weighted by Crippen LogP contribution is -2.56. The van der Waals surface area contributed by atoms with Crippen molar-refractivity contribution >= 4 is 9.84 Å². The Kier molecular flexibility index (Phi) is 7.52. The molecular formula is C21H31N3O4S. The molecule has 1 N–H and O–H groups in total. The van der Waals surface area contributed by atoms with Crippen molar-refractivity contribution in [3.05, 3.63) is 29.8 Å². The van der Waals surface area contributed by atoms with E-state index in [4.69, 9.17) is 10.00 Å². The van der Waals surface area contributed by atoms with Gasteiger partial charge in [-0.1, -0.05) is 6.92 Å². The topological polar surface area (TPSA) is 93.9 Å². The number of nitrogens with zero attached hydrogens (tertiary/aromatic N) is 3. The van der Waals surface area contributed by atoms with Crippen molar-refractivity contribution in [1.82, 2.24) is 9.80 Å². The van der Waals surface area contributed by atoms with E-state index in [1.54, 1.807) is 31.2 Å². The van der Waals surface area contributed by atoms with Crippen LogP contribution < -0.4 is 4.74 Å². The molecule has 2 aliphatic heterocycles. The van der Waals surface area contributed by atoms with E-state index in [-0.39, 0.29) is 18.1 Å². The van der Waals surface area contributed by atoms with Gasteiger partial charge in [-0.05, 0) is 50.1 Å². The van der Waals surface area contributed by atoms with E-state index in [1.165, 1.54) is 0 Å². The first-order valence-electron chi connectivity index (χ1n) is 10.4. The molecule has 0 aliphatic carbocycles. The number of likely N-dealkylation sites (tertiary alicyclic amines) is 1. The van der Waals surface area contributed by atoms with Crippen LogP contribution in [0.4, 0.5) is 0 Å². The molecule has 3 rings (SSSR count). The summed E-state index contributed by atoms with van der Waals surface area (Å²) in [4.78, 5) is 4.77. The molecule has 7 nitrogen and oxygen atoms in total. The minimum atomic E-state index is -2.89. The molecule has 2 heterocycles. The van der Waals surface area contributed by atoms with E-state index in [1.807, 2.05) is 0 Å². The van der Waals surface area contributed by atoms with E-state index < -0.39 is 15.9 Å². The van der Waals surface area contributed by atoms with Crippen molar-refractivity contribution in [2.75, 3.05) is 44.3 Å². The number of fused-ring (bicyclic) bond motifs is 2. The summed E-state index contributed by atoms with van der Waals surface area (Å²) in [5, 5.41) is 19.3. The summed E-state index contributed by atoms with van der Waals surface area (Å²) in [5.74, 6) is 1.14. The van der Waals surface area contributed by atoms with Gasteiger partial charge in [0.2, 0.25) is 0 Å². The predicted octanol–water partition coefficient (Wildman–Crippen LogP) is 1.27. The second-order valence-corrected chi connectivity index (χ2v) is 10.5. The second-order valence-electron chi connectivity index (χ2n) is 8.03. The lowest BCUT2D eigenvalue weighted by molar-refractivity contribution is 0.0113. The molecule has 2 saturated heterocycles. The van der Waals surface area contributed by atoms with Gasteiger partial charge in [-0.3, -0.25) is 4.90 Å². The maximum Gasteiger partial charge on any atom is 0.150 e. The van der Waals surface area contributed by atoms with Crippen LogP contribution in [0.5, 0.6) is 5.75 Å². The Bertz CT molecular complexity index is 792. The monoisotopic (exact) mass is 421 g/mol. The molecule has 0 spiro atoms. The first-order valence-corrected chi connectivity index (χ1v) is 12.2. The Balaban J connectivity index is 1.42. The van der Waals surface area contributed by atoms with E-state index in [9.17, 15) is 13.5 Å². The maximum absolute atomic E-state index is 11.7. The van der Waals surface area contributed by atoms with Gasteiger partial charge in [-0.2, -0.15) is 5.26 Å². The molecule has 0 amide bonds. The number of ether oxygens (including phenoxy) is 1. The quantitative estimate of drug-likeness (QED) is 0.608. The van der Waals surface area contributed by atoms with Crippen LogP contribution in [0, 0.1) is 11.3 Å². The number of nitriles is 1. The van der Waals surface area contributed by atoms with Crippen LogP contribution in [0.2, 0.25) is 0 Å². The predicted molar refractivity (Wildman–Crippen MR) is 112 cm³/mol. The first kappa shape index (κ1) is 22.0. The molecule has 29 heavy (non-hydrogen) atoms. The lowest BCUT2D eigenvalue weighted by Gasteiger charge is -2.41. The fourth-order valence-electron chi connectivity index (χ4n) is 4.32. The zero-order valence-electron chi connectivity index (χ0n) is 17.0. The van der Waals surface area contributed by atoms with Crippen molar-refractivity contribution in [1.29, 1.82) is 5.26 Å². The van der Waals surface area contributed by atoms with Crippen LogP contribution in [0.25, 0.3) is 0 Å². The van der Waals surface area contributed by atoms with Crippen molar-refractivity contribution in [3.8, 4) is 11.8 Å². The van der Waals surface area contributed by atoms with E-state index >= 15 is 0 Å². The second kappa shape index (κ2) is 9.90. The Hall–Kier alpha value is -1.66. The molecule has 2 bridgehead atoms. The van der Waals surface area contributed by atoms with Gasteiger partial charge in [0.1, 0.15) is 28.3 Å². The molecule has 3 unspecified atom stereocenters. The van der Waals surface area contributed by atoms with Crippen LogP contribution in [0.1, 0.15) is 31.7 Å². The smallest absolute Gasteiger partial charge is 0.150 e. The Morgan fingerprint density at radius 1 is 1.24 bits per heavy atom. The van der Waals surface area contributed by atoms with Gasteiger partial charge in [-0.15, -0.1) is 0 Å². The van der Waals surface area contributed by atoms with Gasteiger partial charge in [0.05, 0.1) is 17.4 Å². The summed E-state index contributed by atoms with van der Waals surface area (Å²) in [6.45, 7) is 5.21. The lowest BCUT2D eigenvalue weighted by atomic mass is 10.1. The molecule has 160 valence electrons. The third kappa shape index (κ3) is 6.16. The number of rotatable bonds is 10. The molecule has 2 aliphatic rings. The summed E-state index contributed by atoms with van der Waals surface area (Å²) in [6.07, 6.45) is 2.36. The van der Waals surface area contributed by atoms with Crippen molar-refractivity contribution in [2.24, 2.45) is 0 Å². The molecule has 2 fully saturated rings. The SMILES string of the molecule is CCS(=O)(=O)CCCN1CC2CCC(C1)N2CC(O)COc1ccc(C#N)cc1. The van der Waals surface area contributed by atoms with Crippen LogP contribution in [-0.4, -0.2) is 85.8 Å². The third-order valence-corrected chi connectivity index (χ3v) is 7.72. The largest absolute Gasteiger partial charge is 0.491 e. The average Bonchev–Trinajstić information content (AvgIpc) is 2.94. The Morgan fingerprint density at radius 2 is 1.90 bits per heavy atom. The van der Waals surface area contributed by atoms with E-state index in [2.05, 4.69) is 15.9 Å². The van der Waals surface area contributed by atoms with Gasteiger partial charge >= 0.3 is 0 Å². The number of hydrogen-bond acceptors (Lipinski definition) is 7. The van der Waals surface area contributed by atoms with Gasteiger partial charge in [0.15, 0.2) is 0 Å². The van der Waals surface area contributed by atoms with E-state index in [0.717, 1.165) is 32.5 Å². The molecule has 3 atom stereocenters. The number of piperazine rings is 1. The summed E-state index contributed by atoms with van der Waals surface area (Å²) >= 11 is 0. The van der Waals surface area contributed by atoms with Crippen LogP contribution in [-0.2, 0) is 9.84 Å². The average molecular weight is 422 g/mol. The van der Waals surface area contributed by atoms with Crippen molar-refractivity contribution in [3.63, 3.8) is 0 Å². The van der Waals surface area contributed by atoms with Crippen LogP contribution >= 0.6 is 0 Å².